The number of fused-ring (bicyclic) bond motifs is 2. The van der Waals surface area contributed by atoms with Crippen LogP contribution in [0.25, 0.3) is 0 Å². The van der Waals surface area contributed by atoms with Crippen molar-refractivity contribution in [3.05, 3.63) is 65.7 Å². The summed E-state index contributed by atoms with van der Waals surface area (Å²) in [7, 11) is -3.63. The number of aryl methyl sites for hydroxylation is 1. The zero-order valence-electron chi connectivity index (χ0n) is 13.6. The number of rotatable bonds is 3. The number of carbonyl (C=O) groups is 1. The van der Waals surface area contributed by atoms with E-state index in [0.717, 1.165) is 24.0 Å². The van der Waals surface area contributed by atoms with E-state index in [2.05, 4.69) is 0 Å². The van der Waals surface area contributed by atoms with Gasteiger partial charge in [-0.2, -0.15) is 0 Å². The molecule has 4 rings (SSSR count). The fourth-order valence-electron chi connectivity index (χ4n) is 4.52. The van der Waals surface area contributed by atoms with Crippen LogP contribution < -0.4 is 0 Å². The van der Waals surface area contributed by atoms with Crippen molar-refractivity contribution in [2.45, 2.75) is 35.8 Å². The zero-order chi connectivity index (χ0) is 16.9. The summed E-state index contributed by atoms with van der Waals surface area (Å²) in [6.45, 7) is 1.92. The van der Waals surface area contributed by atoms with Crippen molar-refractivity contribution in [2.24, 2.45) is 11.8 Å². The third-order valence-corrected chi connectivity index (χ3v) is 7.79. The minimum Gasteiger partial charge on any atom is -0.298 e. The first-order valence-corrected chi connectivity index (χ1v) is 9.94. The van der Waals surface area contributed by atoms with Crippen LogP contribution in [0, 0.1) is 18.8 Å². The number of benzene rings is 2. The predicted octanol–water partition coefficient (Wildman–Crippen LogP) is 3.53. The molecule has 0 N–H and O–H groups in total. The van der Waals surface area contributed by atoms with Crippen LogP contribution in [-0.4, -0.2) is 19.5 Å². The van der Waals surface area contributed by atoms with Gasteiger partial charge in [-0.25, -0.2) is 8.42 Å². The van der Waals surface area contributed by atoms with Crippen LogP contribution in [0.1, 0.15) is 29.9 Å². The number of hydrogen-bond acceptors (Lipinski definition) is 3. The summed E-state index contributed by atoms with van der Waals surface area (Å²) in [4.78, 5) is 13.1. The van der Waals surface area contributed by atoms with Crippen molar-refractivity contribution in [1.29, 1.82) is 0 Å². The van der Waals surface area contributed by atoms with Crippen LogP contribution >= 0.6 is 0 Å². The molecule has 4 unspecified atom stereocenters. The minimum atomic E-state index is -3.63. The van der Waals surface area contributed by atoms with Crippen molar-refractivity contribution in [2.75, 3.05) is 0 Å². The normalized spacial score (nSPS) is 29.1. The average molecular weight is 340 g/mol. The topological polar surface area (TPSA) is 51.2 Å². The maximum atomic E-state index is 13.1. The Hall–Kier alpha value is -1.94. The van der Waals surface area contributed by atoms with Crippen molar-refractivity contribution in [3.63, 3.8) is 0 Å². The fourth-order valence-corrected chi connectivity index (χ4v) is 6.58. The fraction of sp³-hybridized carbons (Fsp3) is 0.350. The molecule has 24 heavy (non-hydrogen) atoms. The zero-order valence-corrected chi connectivity index (χ0v) is 14.4. The Kier molecular flexibility index (Phi) is 3.61. The Balaban J connectivity index is 1.75. The van der Waals surface area contributed by atoms with Crippen molar-refractivity contribution < 1.29 is 13.2 Å². The molecule has 4 atom stereocenters. The molecule has 0 saturated heterocycles. The van der Waals surface area contributed by atoms with Crippen molar-refractivity contribution in [1.82, 2.24) is 0 Å². The van der Waals surface area contributed by atoms with E-state index in [0.29, 0.717) is 0 Å². The van der Waals surface area contributed by atoms with Crippen LogP contribution in [0.4, 0.5) is 0 Å². The number of Topliss-reactive ketones (excluding diaryl/α,β-unsaturated/α-hetero) is 1. The van der Waals surface area contributed by atoms with E-state index in [1.54, 1.807) is 24.3 Å². The summed E-state index contributed by atoms with van der Waals surface area (Å²) in [6, 6.07) is 16.7. The van der Waals surface area contributed by atoms with E-state index in [9.17, 15) is 13.2 Å². The lowest BCUT2D eigenvalue weighted by Gasteiger charge is -2.21. The van der Waals surface area contributed by atoms with E-state index in [4.69, 9.17) is 0 Å². The molecule has 4 heteroatoms. The van der Waals surface area contributed by atoms with Gasteiger partial charge >= 0.3 is 0 Å². The van der Waals surface area contributed by atoms with Crippen LogP contribution in [0.2, 0.25) is 0 Å². The molecule has 2 aromatic carbocycles. The Morgan fingerprint density at radius 3 is 2.25 bits per heavy atom. The second-order valence-electron chi connectivity index (χ2n) is 6.97. The first-order valence-electron chi connectivity index (χ1n) is 8.39. The van der Waals surface area contributed by atoms with Crippen LogP contribution in [-0.2, 0) is 14.6 Å². The van der Waals surface area contributed by atoms with Crippen LogP contribution in [0.3, 0.4) is 0 Å². The van der Waals surface area contributed by atoms with Gasteiger partial charge in [0, 0.05) is 5.92 Å². The quantitative estimate of drug-likeness (QED) is 0.859. The van der Waals surface area contributed by atoms with E-state index in [1.807, 2.05) is 37.3 Å². The largest absolute Gasteiger partial charge is 0.298 e. The van der Waals surface area contributed by atoms with Gasteiger partial charge in [-0.15, -0.1) is 0 Å². The monoisotopic (exact) mass is 340 g/mol. The Morgan fingerprint density at radius 1 is 0.917 bits per heavy atom. The summed E-state index contributed by atoms with van der Waals surface area (Å²) >= 11 is 0. The molecule has 124 valence electrons. The van der Waals surface area contributed by atoms with E-state index in [-0.39, 0.29) is 28.4 Å². The number of hydrogen-bond donors (Lipinski definition) is 0. The SMILES string of the molecule is Cc1ccc(S(=O)(=O)C2C(=O)C3CCC2C3c2ccccc2)cc1. The summed E-state index contributed by atoms with van der Waals surface area (Å²) in [5.41, 5.74) is 2.11. The average Bonchev–Trinajstić information content (AvgIpc) is 3.11. The molecule has 0 amide bonds. The van der Waals surface area contributed by atoms with Crippen molar-refractivity contribution >= 4 is 15.6 Å². The van der Waals surface area contributed by atoms with Gasteiger partial charge in [-0.3, -0.25) is 4.79 Å². The third kappa shape index (κ3) is 2.24. The van der Waals surface area contributed by atoms with Gasteiger partial charge in [-0.05, 0) is 49.3 Å². The molecule has 0 radical (unpaired) electrons. The van der Waals surface area contributed by atoms with E-state index >= 15 is 0 Å². The summed E-state index contributed by atoms with van der Waals surface area (Å²) < 4.78 is 26.2. The van der Waals surface area contributed by atoms with Crippen molar-refractivity contribution in [3.8, 4) is 0 Å². The van der Waals surface area contributed by atoms with Gasteiger partial charge < -0.3 is 0 Å². The molecule has 2 aliphatic rings. The maximum absolute atomic E-state index is 13.1. The minimum absolute atomic E-state index is 0.0453. The molecule has 2 aliphatic carbocycles. The molecule has 2 bridgehead atoms. The Bertz CT molecular complexity index is 869. The standard InChI is InChI=1S/C20H20O3S/c1-13-7-9-15(10-8-13)24(22,23)20-17-12-11-16(19(20)21)18(17)14-5-3-2-4-6-14/h2-10,16-18,20H,11-12H2,1H3. The van der Waals surface area contributed by atoms with Gasteiger partial charge in [0.25, 0.3) is 0 Å². The molecule has 0 heterocycles. The molecular weight excluding hydrogens is 320 g/mol. The Labute approximate surface area is 142 Å². The van der Waals surface area contributed by atoms with Gasteiger partial charge in [0.15, 0.2) is 15.6 Å². The maximum Gasteiger partial charge on any atom is 0.188 e. The lowest BCUT2D eigenvalue weighted by atomic mass is 9.89. The highest BCUT2D eigenvalue weighted by Gasteiger charge is 2.59. The van der Waals surface area contributed by atoms with Gasteiger partial charge in [0.2, 0.25) is 0 Å². The second-order valence-corrected chi connectivity index (χ2v) is 9.03. The van der Waals surface area contributed by atoms with Gasteiger partial charge in [-0.1, -0.05) is 48.0 Å². The highest BCUT2D eigenvalue weighted by Crippen LogP contribution is 2.55. The highest BCUT2D eigenvalue weighted by atomic mass is 32.2. The van der Waals surface area contributed by atoms with Crippen LogP contribution in [0.15, 0.2) is 59.5 Å². The summed E-state index contributed by atoms with van der Waals surface area (Å²) in [5, 5.41) is -0.885. The van der Waals surface area contributed by atoms with Crippen LogP contribution in [0.5, 0.6) is 0 Å². The highest BCUT2D eigenvalue weighted by molar-refractivity contribution is 7.92. The molecule has 0 spiro atoms. The third-order valence-electron chi connectivity index (χ3n) is 5.61. The molecule has 3 nitrogen and oxygen atoms in total. The lowest BCUT2D eigenvalue weighted by Crippen LogP contribution is -2.35. The Morgan fingerprint density at radius 2 is 1.58 bits per heavy atom. The lowest BCUT2D eigenvalue weighted by molar-refractivity contribution is -0.121. The number of ketones is 1. The molecule has 2 aromatic rings. The summed E-state index contributed by atoms with van der Waals surface area (Å²) in [5.74, 6) is -0.288. The smallest absolute Gasteiger partial charge is 0.188 e. The second kappa shape index (κ2) is 5.55. The van der Waals surface area contributed by atoms with Gasteiger partial charge in [0.1, 0.15) is 5.25 Å². The first-order chi connectivity index (χ1) is 11.5. The van der Waals surface area contributed by atoms with E-state index in [1.165, 1.54) is 0 Å². The number of carbonyl (C=O) groups excluding carboxylic acids is 1. The summed E-state index contributed by atoms with van der Waals surface area (Å²) in [6.07, 6.45) is 1.62. The molecular formula is C20H20O3S. The first kappa shape index (κ1) is 15.6. The van der Waals surface area contributed by atoms with E-state index < -0.39 is 15.1 Å². The molecule has 2 saturated carbocycles. The predicted molar refractivity (Wildman–Crippen MR) is 92.6 cm³/mol. The number of sulfone groups is 1. The molecule has 0 aromatic heterocycles. The molecule has 2 fully saturated rings. The van der Waals surface area contributed by atoms with Gasteiger partial charge in [0.05, 0.1) is 4.90 Å². The molecule has 0 aliphatic heterocycles.